The molecule has 6 heteroatoms. The molecule has 2 aromatic rings. The molecule has 2 aromatic carbocycles. The fraction of sp³-hybridized carbons (Fsp3) is 0.200. The topological polar surface area (TPSA) is 81.2 Å². The number of hydrogen-bond donors (Lipinski definition) is 2. The van der Waals surface area contributed by atoms with Crippen molar-refractivity contribution in [3.8, 4) is 0 Å². The summed E-state index contributed by atoms with van der Waals surface area (Å²) in [5, 5.41) is 14.1. The van der Waals surface area contributed by atoms with E-state index in [2.05, 4.69) is 5.32 Å². The van der Waals surface area contributed by atoms with Gasteiger partial charge in [0.15, 0.2) is 0 Å². The number of rotatable bonds is 6. The van der Waals surface area contributed by atoms with Gasteiger partial charge in [0, 0.05) is 24.7 Å². The van der Waals surface area contributed by atoms with Crippen LogP contribution in [0.4, 0.5) is 11.4 Å². The number of benzene rings is 2. The van der Waals surface area contributed by atoms with E-state index >= 15 is 0 Å². The molecule has 2 rings (SSSR count). The highest BCUT2D eigenvalue weighted by Gasteiger charge is 2.10. The number of nitrogens with two attached hydrogens (primary N) is 1. The Labute approximate surface area is 127 Å². The van der Waals surface area contributed by atoms with Crippen molar-refractivity contribution >= 4 is 23.0 Å². The van der Waals surface area contributed by atoms with Gasteiger partial charge in [-0.3, -0.25) is 10.1 Å². The molecule has 0 radical (unpaired) electrons. The summed E-state index contributed by atoms with van der Waals surface area (Å²) in [7, 11) is 0. The number of nitro groups is 1. The van der Waals surface area contributed by atoms with E-state index < -0.39 is 4.92 Å². The van der Waals surface area contributed by atoms with Crippen molar-refractivity contribution in [2.45, 2.75) is 12.5 Å². The third kappa shape index (κ3) is 4.18. The van der Waals surface area contributed by atoms with Gasteiger partial charge in [0.2, 0.25) is 0 Å². The first-order valence-corrected chi connectivity index (χ1v) is 6.94. The molecule has 1 atom stereocenters. The number of halogens is 1. The van der Waals surface area contributed by atoms with Crippen LogP contribution in [0.5, 0.6) is 0 Å². The molecule has 3 N–H and O–H groups in total. The molecule has 21 heavy (non-hydrogen) atoms. The van der Waals surface area contributed by atoms with E-state index in [0.717, 1.165) is 12.0 Å². The molecule has 1 unspecified atom stereocenters. The molecule has 0 fully saturated rings. The maximum atomic E-state index is 10.6. The molecule has 0 aliphatic carbocycles. The minimum Gasteiger partial charge on any atom is -0.384 e. The second-order valence-corrected chi connectivity index (χ2v) is 5.06. The van der Waals surface area contributed by atoms with Crippen molar-refractivity contribution in [1.82, 2.24) is 0 Å². The van der Waals surface area contributed by atoms with Crippen LogP contribution in [-0.4, -0.2) is 11.5 Å². The highest BCUT2D eigenvalue weighted by atomic mass is 35.5. The quantitative estimate of drug-likeness (QED) is 0.629. The Balaban J connectivity index is 1.90. The van der Waals surface area contributed by atoms with Crippen molar-refractivity contribution in [1.29, 1.82) is 0 Å². The summed E-state index contributed by atoms with van der Waals surface area (Å²) in [5.41, 5.74) is 7.82. The highest BCUT2D eigenvalue weighted by Crippen LogP contribution is 2.26. The molecule has 0 spiro atoms. The van der Waals surface area contributed by atoms with Crippen LogP contribution in [0.3, 0.4) is 0 Å². The first-order valence-electron chi connectivity index (χ1n) is 6.56. The average molecular weight is 306 g/mol. The van der Waals surface area contributed by atoms with Crippen LogP contribution < -0.4 is 11.1 Å². The third-order valence-electron chi connectivity index (χ3n) is 3.16. The van der Waals surface area contributed by atoms with E-state index in [1.54, 1.807) is 6.07 Å². The monoisotopic (exact) mass is 305 g/mol. The van der Waals surface area contributed by atoms with Gasteiger partial charge in [-0.15, -0.1) is 0 Å². The molecular weight excluding hydrogens is 290 g/mol. The van der Waals surface area contributed by atoms with Gasteiger partial charge in [-0.05, 0) is 18.1 Å². The minimum absolute atomic E-state index is 0.0217. The van der Waals surface area contributed by atoms with E-state index in [9.17, 15) is 10.1 Å². The van der Waals surface area contributed by atoms with Gasteiger partial charge >= 0.3 is 0 Å². The van der Waals surface area contributed by atoms with E-state index in [1.807, 2.05) is 30.3 Å². The van der Waals surface area contributed by atoms with Crippen LogP contribution in [0.15, 0.2) is 48.5 Å². The molecule has 0 saturated heterocycles. The van der Waals surface area contributed by atoms with Gasteiger partial charge in [0.05, 0.1) is 15.6 Å². The number of anilines is 1. The van der Waals surface area contributed by atoms with Gasteiger partial charge in [0.1, 0.15) is 0 Å². The summed E-state index contributed by atoms with van der Waals surface area (Å²) >= 11 is 6.01. The lowest BCUT2D eigenvalue weighted by molar-refractivity contribution is -0.384. The normalized spacial score (nSPS) is 11.9. The lowest BCUT2D eigenvalue weighted by Crippen LogP contribution is -2.15. The van der Waals surface area contributed by atoms with Gasteiger partial charge in [-0.25, -0.2) is 0 Å². The Morgan fingerprint density at radius 2 is 1.95 bits per heavy atom. The highest BCUT2D eigenvalue weighted by molar-refractivity contribution is 6.33. The Morgan fingerprint density at radius 1 is 1.24 bits per heavy atom. The number of hydrogen-bond acceptors (Lipinski definition) is 4. The first kappa shape index (κ1) is 15.3. The van der Waals surface area contributed by atoms with Crippen LogP contribution in [0.2, 0.25) is 5.02 Å². The number of nitro benzene ring substituents is 1. The Bertz CT molecular complexity index is 620. The summed E-state index contributed by atoms with van der Waals surface area (Å²) in [4.78, 5) is 10.2. The first-order chi connectivity index (χ1) is 10.1. The molecule has 0 aliphatic heterocycles. The Morgan fingerprint density at radius 3 is 2.57 bits per heavy atom. The lowest BCUT2D eigenvalue weighted by Gasteiger charge is -2.13. The van der Waals surface area contributed by atoms with Crippen molar-refractivity contribution in [2.24, 2.45) is 5.73 Å². The second-order valence-electron chi connectivity index (χ2n) is 4.65. The summed E-state index contributed by atoms with van der Waals surface area (Å²) in [6.07, 6.45) is 0.733. The molecule has 0 aromatic heterocycles. The van der Waals surface area contributed by atoms with Crippen molar-refractivity contribution in [2.75, 3.05) is 11.9 Å². The molecular formula is C15H16ClN3O2. The number of non-ortho nitro benzene ring substituents is 1. The molecule has 0 amide bonds. The summed E-state index contributed by atoms with van der Waals surface area (Å²) in [6, 6.07) is 14.1. The van der Waals surface area contributed by atoms with Gasteiger partial charge in [0.25, 0.3) is 5.69 Å². The zero-order chi connectivity index (χ0) is 15.2. The zero-order valence-electron chi connectivity index (χ0n) is 11.3. The smallest absolute Gasteiger partial charge is 0.271 e. The molecule has 5 nitrogen and oxygen atoms in total. The predicted molar refractivity (Wildman–Crippen MR) is 84.6 cm³/mol. The molecule has 0 bridgehead atoms. The van der Waals surface area contributed by atoms with Gasteiger partial charge in [-0.2, -0.15) is 0 Å². The third-order valence-corrected chi connectivity index (χ3v) is 3.47. The lowest BCUT2D eigenvalue weighted by atomic mass is 10.1. The van der Waals surface area contributed by atoms with E-state index in [4.69, 9.17) is 17.3 Å². The molecule has 110 valence electrons. The maximum Gasteiger partial charge on any atom is 0.271 e. The minimum atomic E-state index is -0.471. The summed E-state index contributed by atoms with van der Waals surface area (Å²) < 4.78 is 0. The maximum absolute atomic E-state index is 10.6. The Hall–Kier alpha value is -2.11. The molecule has 0 aliphatic rings. The van der Waals surface area contributed by atoms with Crippen LogP contribution in [0.25, 0.3) is 0 Å². The van der Waals surface area contributed by atoms with Gasteiger partial charge in [-0.1, -0.05) is 41.9 Å². The van der Waals surface area contributed by atoms with E-state index in [-0.39, 0.29) is 11.7 Å². The van der Waals surface area contributed by atoms with Crippen LogP contribution >= 0.6 is 11.6 Å². The average Bonchev–Trinajstić information content (AvgIpc) is 2.49. The van der Waals surface area contributed by atoms with E-state index in [0.29, 0.717) is 17.3 Å². The van der Waals surface area contributed by atoms with Crippen LogP contribution in [0, 0.1) is 10.1 Å². The number of nitrogens with zero attached hydrogens (tertiary/aromatic N) is 1. The van der Waals surface area contributed by atoms with Crippen molar-refractivity contribution in [3.63, 3.8) is 0 Å². The predicted octanol–water partition coefficient (Wildman–Crippen LogP) is 3.75. The second kappa shape index (κ2) is 7.06. The summed E-state index contributed by atoms with van der Waals surface area (Å²) in [5.74, 6) is 0. The zero-order valence-corrected chi connectivity index (χ0v) is 12.1. The van der Waals surface area contributed by atoms with Gasteiger partial charge < -0.3 is 11.1 Å². The fourth-order valence-corrected chi connectivity index (χ4v) is 2.23. The van der Waals surface area contributed by atoms with Crippen LogP contribution in [0.1, 0.15) is 18.0 Å². The number of nitrogens with one attached hydrogen (secondary N) is 1. The summed E-state index contributed by atoms with van der Waals surface area (Å²) in [6.45, 7) is 0.633. The SMILES string of the molecule is NC(CCNc1ccc([N+](=O)[O-])cc1Cl)c1ccccc1. The van der Waals surface area contributed by atoms with Crippen molar-refractivity contribution in [3.05, 3.63) is 69.2 Å². The standard InChI is InChI=1S/C15H16ClN3O2/c16-13-10-12(19(20)21)6-7-15(13)18-9-8-14(17)11-4-2-1-3-5-11/h1-7,10,14,18H,8-9,17H2. The van der Waals surface area contributed by atoms with Crippen molar-refractivity contribution < 1.29 is 4.92 Å². The fourth-order valence-electron chi connectivity index (χ4n) is 1.99. The van der Waals surface area contributed by atoms with Crippen LogP contribution in [-0.2, 0) is 0 Å². The molecule has 0 heterocycles. The molecule has 0 saturated carbocycles. The largest absolute Gasteiger partial charge is 0.384 e. The Kier molecular flexibility index (Phi) is 5.14. The van der Waals surface area contributed by atoms with E-state index in [1.165, 1.54) is 12.1 Å².